The summed E-state index contributed by atoms with van der Waals surface area (Å²) in [6.45, 7) is 2.48. The number of rotatable bonds is 7. The molecule has 31 heavy (non-hydrogen) atoms. The fourth-order valence-corrected chi connectivity index (χ4v) is 4.33. The van der Waals surface area contributed by atoms with Crippen molar-refractivity contribution >= 4 is 12.0 Å². The van der Waals surface area contributed by atoms with Gasteiger partial charge >= 0.3 is 6.01 Å². The van der Waals surface area contributed by atoms with Crippen molar-refractivity contribution in [1.29, 1.82) is 0 Å². The van der Waals surface area contributed by atoms with Gasteiger partial charge in [-0.1, -0.05) is 11.2 Å². The number of aromatic amines is 1. The van der Waals surface area contributed by atoms with Crippen LogP contribution in [0.5, 0.6) is 0 Å². The quantitative estimate of drug-likeness (QED) is 0.457. The Morgan fingerprint density at radius 2 is 1.94 bits per heavy atom. The van der Waals surface area contributed by atoms with Crippen LogP contribution in [0.4, 0.5) is 12.0 Å². The van der Waals surface area contributed by atoms with Gasteiger partial charge in [0.05, 0.1) is 17.5 Å². The number of hydrogen-bond acceptors (Lipinski definition) is 10. The van der Waals surface area contributed by atoms with E-state index >= 15 is 0 Å². The summed E-state index contributed by atoms with van der Waals surface area (Å²) in [5.74, 6) is 2.60. The van der Waals surface area contributed by atoms with Crippen molar-refractivity contribution in [3.63, 3.8) is 0 Å². The molecule has 0 aromatic carbocycles. The summed E-state index contributed by atoms with van der Waals surface area (Å²) >= 11 is 0. The zero-order valence-electron chi connectivity index (χ0n) is 16.6. The number of fused-ring (bicyclic) bond motifs is 1. The molecule has 156 valence electrons. The molecule has 3 atom stereocenters. The normalized spacial score (nSPS) is 21.8. The average Bonchev–Trinajstić information content (AvgIpc) is 3.34. The van der Waals surface area contributed by atoms with Gasteiger partial charge in [0.2, 0.25) is 5.95 Å². The third kappa shape index (κ3) is 3.47. The van der Waals surface area contributed by atoms with E-state index in [1.807, 2.05) is 24.4 Å². The van der Waals surface area contributed by atoms with E-state index in [9.17, 15) is 0 Å². The Morgan fingerprint density at radius 1 is 1.06 bits per heavy atom. The monoisotopic (exact) mass is 416 g/mol. The summed E-state index contributed by atoms with van der Waals surface area (Å²) in [4.78, 5) is 15.1. The molecule has 0 radical (unpaired) electrons. The molecule has 11 heteroatoms. The van der Waals surface area contributed by atoms with Gasteiger partial charge in [0, 0.05) is 56.3 Å². The van der Waals surface area contributed by atoms with Crippen LogP contribution in [0.1, 0.15) is 17.3 Å². The smallest absolute Gasteiger partial charge is 0.318 e. The minimum absolute atomic E-state index is 0.420. The predicted octanol–water partition coefficient (Wildman–Crippen LogP) is 1.54. The van der Waals surface area contributed by atoms with Gasteiger partial charge in [-0.05, 0) is 24.0 Å². The maximum atomic E-state index is 5.89. The number of anilines is 2. The van der Waals surface area contributed by atoms with Crippen molar-refractivity contribution in [3.05, 3.63) is 54.4 Å². The Balaban J connectivity index is 1.05. The number of pyridine rings is 1. The molecular formula is C20H20N10O. The van der Waals surface area contributed by atoms with Crippen LogP contribution in [0.15, 0.2) is 47.4 Å². The van der Waals surface area contributed by atoms with Crippen LogP contribution < -0.4 is 10.2 Å². The van der Waals surface area contributed by atoms with Crippen molar-refractivity contribution in [2.24, 2.45) is 11.8 Å². The Labute approximate surface area is 177 Å². The van der Waals surface area contributed by atoms with Gasteiger partial charge in [0.15, 0.2) is 0 Å². The van der Waals surface area contributed by atoms with Crippen LogP contribution in [0.2, 0.25) is 0 Å². The Morgan fingerprint density at radius 3 is 2.68 bits per heavy atom. The number of aromatic nitrogens is 8. The first-order valence-corrected chi connectivity index (χ1v) is 10.3. The highest BCUT2D eigenvalue weighted by Crippen LogP contribution is 2.58. The first kappa shape index (κ1) is 17.9. The van der Waals surface area contributed by atoms with Crippen molar-refractivity contribution in [1.82, 2.24) is 40.6 Å². The fraction of sp³-hybridized carbons (Fsp3) is 0.350. The second-order valence-corrected chi connectivity index (χ2v) is 7.84. The second kappa shape index (κ2) is 7.42. The first-order chi connectivity index (χ1) is 15.3. The standard InChI is InChI=1S/C20H20N10O/c1-2-5-21-13(3-1)4-6-22-19-23-7-12(8-24-19)18-27-28-20(31-18)30-10-14-15(11-30)17(14)16-9-25-29-26-16/h1-3,5,7-9,14-15,17H,4,6,10-11H2,(H,22,23,24)(H,25,26,29)/t14-,15+,17?. The van der Waals surface area contributed by atoms with Gasteiger partial charge in [0.25, 0.3) is 5.89 Å². The largest absolute Gasteiger partial charge is 0.403 e. The summed E-state index contributed by atoms with van der Waals surface area (Å²) in [5, 5.41) is 22.4. The zero-order valence-corrected chi connectivity index (χ0v) is 16.6. The van der Waals surface area contributed by atoms with Gasteiger partial charge in [0.1, 0.15) is 0 Å². The minimum atomic E-state index is 0.420. The highest BCUT2D eigenvalue weighted by Gasteiger charge is 2.58. The Kier molecular flexibility index (Phi) is 4.29. The van der Waals surface area contributed by atoms with Crippen molar-refractivity contribution in [2.75, 3.05) is 29.9 Å². The van der Waals surface area contributed by atoms with Crippen LogP contribution in [-0.2, 0) is 6.42 Å². The molecule has 4 aromatic rings. The van der Waals surface area contributed by atoms with Crippen molar-refractivity contribution < 1.29 is 4.42 Å². The van der Waals surface area contributed by atoms with Crippen LogP contribution in [0, 0.1) is 11.8 Å². The summed E-state index contributed by atoms with van der Waals surface area (Å²) in [6, 6.07) is 6.42. The number of piperidine rings is 1. The molecule has 2 N–H and O–H groups in total. The summed E-state index contributed by atoms with van der Waals surface area (Å²) in [6.07, 6.45) is 7.79. The van der Waals surface area contributed by atoms with Gasteiger partial charge in [-0.25, -0.2) is 9.97 Å². The molecule has 0 bridgehead atoms. The summed E-state index contributed by atoms with van der Waals surface area (Å²) in [5.41, 5.74) is 2.77. The zero-order chi connectivity index (χ0) is 20.6. The summed E-state index contributed by atoms with van der Waals surface area (Å²) < 4.78 is 5.89. The molecule has 1 unspecified atom stereocenters. The van der Waals surface area contributed by atoms with E-state index in [2.05, 4.69) is 50.8 Å². The highest BCUT2D eigenvalue weighted by molar-refractivity contribution is 5.52. The maximum absolute atomic E-state index is 5.89. The number of hydrogen-bond donors (Lipinski definition) is 2. The SMILES string of the molecule is c1ccc(CCNc2ncc(-c3nnc(N4C[C@@H]5C(c6cn[nH]n6)[C@@H]5C4)o3)cn2)nc1. The van der Waals surface area contributed by atoms with Crippen LogP contribution in [-0.4, -0.2) is 60.2 Å². The third-order valence-electron chi connectivity index (χ3n) is 5.94. The lowest BCUT2D eigenvalue weighted by molar-refractivity contribution is 0.543. The third-order valence-corrected chi connectivity index (χ3v) is 5.94. The lowest BCUT2D eigenvalue weighted by atomic mass is 10.2. The number of H-pyrrole nitrogens is 1. The van der Waals surface area contributed by atoms with E-state index in [1.54, 1.807) is 18.6 Å². The minimum Gasteiger partial charge on any atom is -0.403 e. The second-order valence-electron chi connectivity index (χ2n) is 7.84. The summed E-state index contributed by atoms with van der Waals surface area (Å²) in [7, 11) is 0. The Bertz CT molecular complexity index is 1130. The molecule has 2 fully saturated rings. The van der Waals surface area contributed by atoms with Crippen LogP contribution in [0.3, 0.4) is 0 Å². The van der Waals surface area contributed by atoms with E-state index in [-0.39, 0.29) is 0 Å². The van der Waals surface area contributed by atoms with E-state index in [0.29, 0.717) is 47.7 Å². The lowest BCUT2D eigenvalue weighted by Crippen LogP contribution is -2.23. The average molecular weight is 416 g/mol. The van der Waals surface area contributed by atoms with E-state index in [4.69, 9.17) is 4.42 Å². The molecule has 1 saturated heterocycles. The molecule has 1 saturated carbocycles. The topological polar surface area (TPSA) is 134 Å². The fourth-order valence-electron chi connectivity index (χ4n) is 4.33. The first-order valence-electron chi connectivity index (χ1n) is 10.3. The molecule has 0 amide bonds. The van der Waals surface area contributed by atoms with Gasteiger partial charge < -0.3 is 14.6 Å². The van der Waals surface area contributed by atoms with Crippen LogP contribution >= 0.6 is 0 Å². The molecule has 0 spiro atoms. The lowest BCUT2D eigenvalue weighted by Gasteiger charge is -2.15. The molecular weight excluding hydrogens is 396 g/mol. The van der Waals surface area contributed by atoms with E-state index in [0.717, 1.165) is 30.9 Å². The van der Waals surface area contributed by atoms with Gasteiger partial charge in [-0.2, -0.15) is 15.4 Å². The van der Waals surface area contributed by atoms with E-state index < -0.39 is 0 Å². The molecule has 11 nitrogen and oxygen atoms in total. The van der Waals surface area contributed by atoms with Crippen molar-refractivity contribution in [3.8, 4) is 11.5 Å². The molecule has 2 aliphatic rings. The predicted molar refractivity (Wildman–Crippen MR) is 110 cm³/mol. The van der Waals surface area contributed by atoms with Gasteiger partial charge in [-0.3, -0.25) is 4.98 Å². The molecule has 4 aromatic heterocycles. The molecule has 6 rings (SSSR count). The van der Waals surface area contributed by atoms with Crippen LogP contribution in [0.25, 0.3) is 11.5 Å². The number of nitrogens with one attached hydrogen (secondary N) is 2. The Hall–Kier alpha value is -3.89. The van der Waals surface area contributed by atoms with Gasteiger partial charge in [-0.15, -0.1) is 5.10 Å². The molecule has 1 aliphatic heterocycles. The van der Waals surface area contributed by atoms with Crippen molar-refractivity contribution in [2.45, 2.75) is 12.3 Å². The molecule has 5 heterocycles. The maximum Gasteiger partial charge on any atom is 0.318 e. The number of nitrogens with zero attached hydrogens (tertiary/aromatic N) is 8. The highest BCUT2D eigenvalue weighted by atomic mass is 16.4. The van der Waals surface area contributed by atoms with E-state index in [1.165, 1.54) is 0 Å². The molecule has 1 aliphatic carbocycles.